The van der Waals surface area contributed by atoms with Gasteiger partial charge in [-0.1, -0.05) is 13.3 Å². The molecule has 0 atom stereocenters. The molecule has 1 heterocycles. The fourth-order valence-corrected chi connectivity index (χ4v) is 2.34. The minimum Gasteiger partial charge on any atom is -0.225 e. The zero-order chi connectivity index (χ0) is 10.6. The van der Waals surface area contributed by atoms with Crippen molar-refractivity contribution in [1.29, 1.82) is 0 Å². The van der Waals surface area contributed by atoms with Gasteiger partial charge in [-0.3, -0.25) is 0 Å². The number of nitrogens with zero attached hydrogens (tertiary/aromatic N) is 2. The highest BCUT2D eigenvalue weighted by Crippen LogP contribution is 2.11. The summed E-state index contributed by atoms with van der Waals surface area (Å²) in [5.74, 6) is 0.133. The first-order chi connectivity index (χ1) is 6.56. The van der Waals surface area contributed by atoms with Gasteiger partial charge in [-0.05, 0) is 18.0 Å². The van der Waals surface area contributed by atoms with E-state index in [9.17, 15) is 8.42 Å². The van der Waals surface area contributed by atoms with Crippen LogP contribution in [0.4, 0.5) is 0 Å². The van der Waals surface area contributed by atoms with E-state index >= 15 is 0 Å². The predicted octanol–water partition coefficient (Wildman–Crippen LogP) is 1.70. The molecule has 0 aromatic carbocycles. The van der Waals surface area contributed by atoms with Crippen molar-refractivity contribution in [1.82, 2.24) is 9.97 Å². The molecule has 0 N–H and O–H groups in total. The Bertz CT molecular complexity index is 388. The van der Waals surface area contributed by atoms with Crippen molar-refractivity contribution in [2.24, 2.45) is 0 Å². The van der Waals surface area contributed by atoms with Gasteiger partial charge in [0, 0.05) is 0 Å². The Kier molecular flexibility index (Phi) is 3.83. The zero-order valence-electron chi connectivity index (χ0n) is 7.77. The molecule has 78 valence electrons. The number of aromatic nitrogens is 2. The van der Waals surface area contributed by atoms with Crippen LogP contribution in [0.5, 0.6) is 0 Å². The summed E-state index contributed by atoms with van der Waals surface area (Å²) < 4.78 is 23.2. The molecular weight excluding hydrogens is 224 g/mol. The van der Waals surface area contributed by atoms with E-state index < -0.39 is 9.84 Å². The summed E-state index contributed by atoms with van der Waals surface area (Å²) in [5.41, 5.74) is 0. The third kappa shape index (κ3) is 2.92. The maximum absolute atomic E-state index is 11.6. The lowest BCUT2D eigenvalue weighted by atomic mass is 10.4. The van der Waals surface area contributed by atoms with Gasteiger partial charge in [0.1, 0.15) is 4.90 Å². The third-order valence-electron chi connectivity index (χ3n) is 1.72. The van der Waals surface area contributed by atoms with Gasteiger partial charge in [0.25, 0.3) is 0 Å². The van der Waals surface area contributed by atoms with Crippen LogP contribution >= 0.6 is 11.6 Å². The fourth-order valence-electron chi connectivity index (χ4n) is 0.913. The molecule has 0 aliphatic carbocycles. The lowest BCUT2D eigenvalue weighted by Crippen LogP contribution is -2.07. The largest absolute Gasteiger partial charge is 0.225 e. The maximum Gasteiger partial charge on any atom is 0.222 e. The molecule has 0 bridgehead atoms. The highest BCUT2D eigenvalue weighted by Gasteiger charge is 2.14. The minimum atomic E-state index is -3.22. The van der Waals surface area contributed by atoms with Crippen LogP contribution < -0.4 is 0 Å². The molecule has 6 heteroatoms. The molecule has 0 radical (unpaired) electrons. The van der Waals surface area contributed by atoms with Crippen LogP contribution in [0.15, 0.2) is 17.3 Å². The van der Waals surface area contributed by atoms with Crippen LogP contribution in [0.3, 0.4) is 0 Å². The number of halogens is 1. The van der Waals surface area contributed by atoms with Crippen molar-refractivity contribution in [3.63, 3.8) is 0 Å². The van der Waals surface area contributed by atoms with Gasteiger partial charge in [0.2, 0.25) is 5.28 Å². The summed E-state index contributed by atoms with van der Waals surface area (Å²) in [6.45, 7) is 1.94. The molecule has 0 aliphatic rings. The quantitative estimate of drug-likeness (QED) is 0.744. The normalized spacial score (nSPS) is 11.6. The summed E-state index contributed by atoms with van der Waals surface area (Å²) >= 11 is 5.45. The molecule has 0 spiro atoms. The second-order valence-electron chi connectivity index (χ2n) is 2.86. The first-order valence-electron chi connectivity index (χ1n) is 4.26. The Morgan fingerprint density at radius 3 is 2.43 bits per heavy atom. The van der Waals surface area contributed by atoms with E-state index in [4.69, 9.17) is 11.6 Å². The summed E-state index contributed by atoms with van der Waals surface area (Å²) in [7, 11) is -3.22. The van der Waals surface area contributed by atoms with Gasteiger partial charge in [0.05, 0.1) is 18.1 Å². The average molecular weight is 235 g/mol. The van der Waals surface area contributed by atoms with Crippen molar-refractivity contribution >= 4 is 21.4 Å². The monoisotopic (exact) mass is 234 g/mol. The van der Waals surface area contributed by atoms with E-state index in [0.717, 1.165) is 6.42 Å². The van der Waals surface area contributed by atoms with E-state index in [2.05, 4.69) is 9.97 Å². The van der Waals surface area contributed by atoms with Crippen LogP contribution in [0.1, 0.15) is 19.8 Å². The summed E-state index contributed by atoms with van der Waals surface area (Å²) in [6.07, 6.45) is 3.96. The Hall–Kier alpha value is -0.680. The molecule has 0 fully saturated rings. The molecule has 1 aromatic rings. The number of rotatable bonds is 4. The zero-order valence-corrected chi connectivity index (χ0v) is 9.35. The van der Waals surface area contributed by atoms with Crippen LogP contribution in [0.25, 0.3) is 0 Å². The third-order valence-corrected chi connectivity index (χ3v) is 3.67. The highest BCUT2D eigenvalue weighted by atomic mass is 35.5. The number of hydrogen-bond acceptors (Lipinski definition) is 4. The van der Waals surface area contributed by atoms with E-state index in [-0.39, 0.29) is 15.9 Å². The van der Waals surface area contributed by atoms with E-state index in [1.807, 2.05) is 6.92 Å². The summed E-state index contributed by atoms with van der Waals surface area (Å²) in [4.78, 5) is 7.39. The molecule has 0 saturated carbocycles. The molecule has 0 amide bonds. The molecule has 14 heavy (non-hydrogen) atoms. The van der Waals surface area contributed by atoms with Crippen LogP contribution in [0.2, 0.25) is 5.28 Å². The van der Waals surface area contributed by atoms with Gasteiger partial charge in [-0.15, -0.1) is 0 Å². The average Bonchev–Trinajstić information content (AvgIpc) is 2.16. The molecule has 0 unspecified atom stereocenters. The smallest absolute Gasteiger partial charge is 0.222 e. The predicted molar refractivity (Wildman–Crippen MR) is 54.0 cm³/mol. The van der Waals surface area contributed by atoms with Gasteiger partial charge >= 0.3 is 0 Å². The Balaban J connectivity index is 2.87. The second kappa shape index (κ2) is 4.70. The van der Waals surface area contributed by atoms with E-state index in [0.29, 0.717) is 6.42 Å². The van der Waals surface area contributed by atoms with Crippen molar-refractivity contribution in [2.45, 2.75) is 24.7 Å². The van der Waals surface area contributed by atoms with Crippen molar-refractivity contribution in [3.05, 3.63) is 17.7 Å². The minimum absolute atomic E-state index is 0.0550. The van der Waals surface area contributed by atoms with Crippen LogP contribution in [-0.2, 0) is 9.84 Å². The van der Waals surface area contributed by atoms with Gasteiger partial charge in [-0.2, -0.15) is 0 Å². The number of unbranched alkanes of at least 4 members (excludes halogenated alkanes) is 1. The molecule has 0 aliphatic heterocycles. The first kappa shape index (κ1) is 11.4. The van der Waals surface area contributed by atoms with Gasteiger partial charge in [-0.25, -0.2) is 18.4 Å². The lowest BCUT2D eigenvalue weighted by molar-refractivity contribution is 0.591. The van der Waals surface area contributed by atoms with Crippen molar-refractivity contribution in [3.8, 4) is 0 Å². The fraction of sp³-hybridized carbons (Fsp3) is 0.500. The second-order valence-corrected chi connectivity index (χ2v) is 5.31. The van der Waals surface area contributed by atoms with Crippen molar-refractivity contribution < 1.29 is 8.42 Å². The number of sulfone groups is 1. The van der Waals surface area contributed by atoms with Crippen LogP contribution in [-0.4, -0.2) is 24.1 Å². The lowest BCUT2D eigenvalue weighted by Gasteiger charge is -2.01. The molecule has 1 aromatic heterocycles. The highest BCUT2D eigenvalue weighted by molar-refractivity contribution is 7.91. The van der Waals surface area contributed by atoms with Gasteiger partial charge in [0.15, 0.2) is 9.84 Å². The van der Waals surface area contributed by atoms with E-state index in [1.54, 1.807) is 0 Å². The standard InChI is InChI=1S/C8H11ClN2O2S/c1-2-3-4-14(12,13)7-5-10-8(9)11-6-7/h5-6H,2-4H2,1H3. The van der Waals surface area contributed by atoms with Crippen molar-refractivity contribution in [2.75, 3.05) is 5.75 Å². The van der Waals surface area contributed by atoms with Crippen LogP contribution in [0, 0.1) is 0 Å². The first-order valence-corrected chi connectivity index (χ1v) is 6.29. The topological polar surface area (TPSA) is 59.9 Å². The van der Waals surface area contributed by atoms with Gasteiger partial charge < -0.3 is 0 Å². The molecule has 0 saturated heterocycles. The number of hydrogen-bond donors (Lipinski definition) is 0. The molecule has 4 nitrogen and oxygen atoms in total. The molecule has 1 rings (SSSR count). The Labute approximate surface area is 88.3 Å². The Morgan fingerprint density at radius 2 is 1.93 bits per heavy atom. The van der Waals surface area contributed by atoms with E-state index in [1.165, 1.54) is 12.4 Å². The Morgan fingerprint density at radius 1 is 1.36 bits per heavy atom. The summed E-state index contributed by atoms with van der Waals surface area (Å²) in [5, 5.41) is 0.0550. The maximum atomic E-state index is 11.6. The SMILES string of the molecule is CCCCS(=O)(=O)c1cnc(Cl)nc1. The molecular formula is C8H11ClN2O2S. The summed E-state index contributed by atoms with van der Waals surface area (Å²) in [6, 6.07) is 0.